The molecule has 0 saturated carbocycles. The Hall–Kier alpha value is -6.48. The topological polar surface area (TPSA) is 166 Å². The number of ether oxygens (including phenoxy) is 2. The summed E-state index contributed by atoms with van der Waals surface area (Å²) < 4.78 is 11.7. The van der Waals surface area contributed by atoms with Crippen LogP contribution in [-0.4, -0.2) is 72.0 Å². The number of amides is 2. The van der Waals surface area contributed by atoms with Gasteiger partial charge < -0.3 is 34.9 Å². The van der Waals surface area contributed by atoms with Crippen LogP contribution in [0.25, 0.3) is 5.57 Å². The average molecular weight is 975 g/mol. The number of rotatable bonds is 16. The lowest BCUT2D eigenvalue weighted by molar-refractivity contribution is -0.115. The second kappa shape index (κ2) is 26.5. The smallest absolute Gasteiger partial charge is 0.273 e. The lowest BCUT2D eigenvalue weighted by Gasteiger charge is -2.24. The molecule has 0 radical (unpaired) electrons. The zero-order valence-corrected chi connectivity index (χ0v) is 39.8. The second-order valence-corrected chi connectivity index (χ2v) is 15.3. The molecule has 0 bridgehead atoms. The Morgan fingerprint density at radius 3 is 1.52 bits per heavy atom. The molecular weight excluding hydrogens is 926 g/mol. The average Bonchev–Trinajstić information content (AvgIpc) is 3.34. The summed E-state index contributed by atoms with van der Waals surface area (Å²) >= 11 is 22.4. The Morgan fingerprint density at radius 2 is 1.08 bits per heavy atom. The van der Waals surface area contributed by atoms with Crippen LogP contribution in [0.2, 0.25) is 10.0 Å². The van der Waals surface area contributed by atoms with Crippen molar-refractivity contribution >= 4 is 75.2 Å². The molecule has 17 heteroatoms. The molecule has 2 heterocycles. The van der Waals surface area contributed by atoms with Gasteiger partial charge >= 0.3 is 0 Å². The Kier molecular flexibility index (Phi) is 20.9. The van der Waals surface area contributed by atoms with Gasteiger partial charge in [0.05, 0.1) is 5.34 Å². The number of nitrogens with zero attached hydrogens (tertiary/aromatic N) is 4. The van der Waals surface area contributed by atoms with Crippen molar-refractivity contribution in [1.82, 2.24) is 20.6 Å². The molecule has 6 rings (SSSR count). The van der Waals surface area contributed by atoms with Crippen LogP contribution in [0, 0.1) is 0 Å². The van der Waals surface area contributed by atoms with Gasteiger partial charge in [0.15, 0.2) is 11.4 Å². The number of carbonyl (C=O) groups is 2. The number of nitrogens with one attached hydrogen (secondary N) is 2. The predicted octanol–water partition coefficient (Wildman–Crippen LogP) is 9.56. The first-order chi connectivity index (χ1) is 31.8. The van der Waals surface area contributed by atoms with E-state index in [0.29, 0.717) is 27.3 Å². The van der Waals surface area contributed by atoms with E-state index in [4.69, 9.17) is 65.6 Å². The minimum atomic E-state index is -1.26. The Bertz CT molecular complexity index is 2620. The summed E-state index contributed by atoms with van der Waals surface area (Å²) in [6.45, 7) is 6.05. The van der Waals surface area contributed by atoms with Crippen LogP contribution in [0.5, 0.6) is 11.8 Å². The number of hydrogen-bond donors (Lipinski definition) is 3. The highest BCUT2D eigenvalue weighted by molar-refractivity contribution is 6.46. The molecule has 66 heavy (non-hydrogen) atoms. The number of carbonyl (C=O) groups excluding carboxylic acids is 2. The van der Waals surface area contributed by atoms with Crippen LogP contribution in [-0.2, 0) is 38.1 Å². The van der Waals surface area contributed by atoms with Crippen molar-refractivity contribution < 1.29 is 33.8 Å². The van der Waals surface area contributed by atoms with Crippen LogP contribution in [0.4, 0.5) is 0 Å². The fourth-order valence-electron chi connectivity index (χ4n) is 6.12. The number of pyridine rings is 2. The maximum absolute atomic E-state index is 12.2. The first-order valence-corrected chi connectivity index (χ1v) is 21.7. The van der Waals surface area contributed by atoms with Crippen molar-refractivity contribution in [1.29, 1.82) is 0 Å². The number of alkyl halides is 2. The van der Waals surface area contributed by atoms with Crippen LogP contribution in [0.3, 0.4) is 0 Å². The van der Waals surface area contributed by atoms with Gasteiger partial charge in [-0.1, -0.05) is 149 Å². The Balaban J connectivity index is 0.000000272. The van der Waals surface area contributed by atoms with Crippen LogP contribution in [0.1, 0.15) is 51.4 Å². The number of halogens is 4. The molecule has 0 saturated heterocycles. The van der Waals surface area contributed by atoms with Crippen LogP contribution < -0.4 is 20.1 Å². The summed E-state index contributed by atoms with van der Waals surface area (Å²) in [5.41, 5.74) is 5.47. The van der Waals surface area contributed by atoms with Crippen LogP contribution in [0.15, 0.2) is 151 Å². The first kappa shape index (κ1) is 52.1. The maximum Gasteiger partial charge on any atom is 0.273 e. The molecule has 0 fully saturated rings. The minimum Gasteiger partial charge on any atom is -0.472 e. The molecule has 2 aromatic heterocycles. The van der Waals surface area contributed by atoms with E-state index in [-0.39, 0.29) is 58.6 Å². The third kappa shape index (κ3) is 14.3. The highest BCUT2D eigenvalue weighted by atomic mass is 35.5. The third-order valence-corrected chi connectivity index (χ3v) is 10.0. The highest BCUT2D eigenvalue weighted by Gasteiger charge is 2.27. The molecule has 1 atom stereocenters. The number of oxime groups is 2. The molecular formula is C49H48Cl4N6O7. The van der Waals surface area contributed by atoms with Crippen molar-refractivity contribution in [3.05, 3.63) is 195 Å². The Labute approximate surface area is 404 Å². The summed E-state index contributed by atoms with van der Waals surface area (Å²) in [5, 5.41) is 24.6. The zero-order chi connectivity index (χ0) is 48.1. The lowest BCUT2D eigenvalue weighted by Crippen LogP contribution is -2.29. The fourth-order valence-corrected chi connectivity index (χ4v) is 6.56. The number of hydrogen-bond acceptors (Lipinski definition) is 11. The largest absolute Gasteiger partial charge is 0.472 e. The van der Waals surface area contributed by atoms with Gasteiger partial charge in [0.25, 0.3) is 11.8 Å². The molecule has 3 N–H and O–H groups in total. The lowest BCUT2D eigenvalue weighted by atomic mass is 9.89. The van der Waals surface area contributed by atoms with Gasteiger partial charge in [0.2, 0.25) is 11.8 Å². The molecule has 0 spiro atoms. The van der Waals surface area contributed by atoms with E-state index >= 15 is 0 Å². The minimum absolute atomic E-state index is 0.0943. The van der Waals surface area contributed by atoms with Crippen molar-refractivity contribution in [2.24, 2.45) is 10.3 Å². The van der Waals surface area contributed by atoms with E-state index in [1.54, 1.807) is 43.5 Å². The van der Waals surface area contributed by atoms with Crippen molar-refractivity contribution in [3.8, 4) is 11.8 Å². The quantitative estimate of drug-likeness (QED) is 0.0487. The molecule has 4 aromatic carbocycles. The van der Waals surface area contributed by atoms with E-state index in [9.17, 15) is 14.7 Å². The summed E-state index contributed by atoms with van der Waals surface area (Å²) in [6.07, 6.45) is 3.20. The van der Waals surface area contributed by atoms with Gasteiger partial charge in [-0.2, -0.15) is 0 Å². The van der Waals surface area contributed by atoms with Gasteiger partial charge in [-0.05, 0) is 46.9 Å². The maximum atomic E-state index is 12.2. The van der Waals surface area contributed by atoms with Crippen molar-refractivity contribution in [2.75, 3.05) is 33.7 Å². The van der Waals surface area contributed by atoms with E-state index in [1.165, 1.54) is 34.5 Å². The Morgan fingerprint density at radius 1 is 0.652 bits per heavy atom. The fraction of sp³-hybridized carbons (Fsp3) is 0.184. The highest BCUT2D eigenvalue weighted by Crippen LogP contribution is 2.33. The molecule has 0 aliphatic heterocycles. The summed E-state index contributed by atoms with van der Waals surface area (Å²) in [5.74, 6) is -0.261. The normalized spacial score (nSPS) is 11.8. The van der Waals surface area contributed by atoms with Gasteiger partial charge in [0, 0.05) is 48.7 Å². The predicted molar refractivity (Wildman–Crippen MR) is 262 cm³/mol. The second-order valence-electron chi connectivity index (χ2n) is 13.7. The SMILES string of the molecule is C=C(c1ccccc1)c1cnc(OCc2ccccc2/C(=N\OC)C(=O)NC)c(Cl)c1.CNC(=O)/C(=N/OC)c1ccccc1COc1ncc(C(C)(O)c2ccccc2)cc1Cl.ClCCl. The number of aliphatic hydroxyl groups is 1. The molecule has 0 aliphatic carbocycles. The van der Waals surface area contributed by atoms with Crippen molar-refractivity contribution in [2.45, 2.75) is 25.7 Å². The molecule has 0 aliphatic rings. The summed E-state index contributed by atoms with van der Waals surface area (Å²) in [7, 11) is 5.80. The monoisotopic (exact) mass is 972 g/mol. The standard InChI is InChI=1S/C24H24ClN3O4.C24H22ClN3O3.CH2Cl2/c1-24(30,17-10-5-4-6-11-17)18-13-20(25)23(27-14-18)32-15-16-9-7-8-12-19(16)21(28-31-3)22(29)26-2;1-16(17-9-5-4-6-10-17)19-13-21(25)24(27-14-19)31-15-18-11-7-8-12-20(18)22(28-30-3)23(29)26-2;2-1-3/h4-14,30H,15H2,1-3H3,(H,26,29);4-14H,1,15H2,2-3H3,(H,26,29);1H2/b28-21+;28-22+;. The van der Waals surface area contributed by atoms with Crippen molar-refractivity contribution in [3.63, 3.8) is 0 Å². The number of likely N-dealkylation sites (N-methyl/N-ethyl adjacent to an activating group) is 2. The van der Waals surface area contributed by atoms with Gasteiger partial charge in [-0.3, -0.25) is 9.59 Å². The molecule has 1 unspecified atom stereocenters. The third-order valence-electron chi connectivity index (χ3n) is 9.51. The van der Waals surface area contributed by atoms with E-state index in [2.05, 4.69) is 37.5 Å². The number of benzene rings is 4. The first-order valence-electron chi connectivity index (χ1n) is 19.9. The number of aromatic nitrogens is 2. The molecule has 6 aromatic rings. The molecule has 13 nitrogen and oxygen atoms in total. The van der Waals surface area contributed by atoms with E-state index in [0.717, 1.165) is 27.8 Å². The van der Waals surface area contributed by atoms with Gasteiger partial charge in [0.1, 0.15) is 43.1 Å². The molecule has 344 valence electrons. The van der Waals surface area contributed by atoms with Gasteiger partial charge in [-0.25, -0.2) is 9.97 Å². The molecule has 2 amide bonds. The van der Waals surface area contributed by atoms with Crippen LogP contribution >= 0.6 is 46.4 Å². The summed E-state index contributed by atoms with van der Waals surface area (Å²) in [6, 6.07) is 36.9. The van der Waals surface area contributed by atoms with E-state index in [1.807, 2.05) is 91.0 Å². The van der Waals surface area contributed by atoms with E-state index < -0.39 is 5.60 Å². The van der Waals surface area contributed by atoms with Gasteiger partial charge in [-0.15, -0.1) is 23.2 Å². The summed E-state index contributed by atoms with van der Waals surface area (Å²) in [4.78, 5) is 42.7. The zero-order valence-electron chi connectivity index (χ0n) is 36.7.